The third-order valence-electron chi connectivity index (χ3n) is 6.45. The Labute approximate surface area is 221 Å². The van der Waals surface area contributed by atoms with E-state index in [4.69, 9.17) is 18.9 Å². The number of halogens is 3. The van der Waals surface area contributed by atoms with Crippen LogP contribution in [0.4, 0.5) is 13.2 Å². The van der Waals surface area contributed by atoms with Crippen LogP contribution in [0.25, 0.3) is 11.3 Å². The van der Waals surface area contributed by atoms with E-state index in [9.17, 15) is 18.0 Å². The van der Waals surface area contributed by atoms with E-state index < -0.39 is 60.1 Å². The summed E-state index contributed by atoms with van der Waals surface area (Å²) in [5, 5.41) is 8.21. The van der Waals surface area contributed by atoms with E-state index in [1.807, 2.05) is 30.3 Å². The second-order valence-electron chi connectivity index (χ2n) is 9.35. The Morgan fingerprint density at radius 1 is 1.15 bits per heavy atom. The van der Waals surface area contributed by atoms with Gasteiger partial charge in [0, 0.05) is 32.3 Å². The number of rotatable bonds is 6. The van der Waals surface area contributed by atoms with Crippen LogP contribution in [0.5, 0.6) is 0 Å². The molecule has 6 unspecified atom stereocenters. The van der Waals surface area contributed by atoms with Gasteiger partial charge in [0.25, 0.3) is 5.91 Å². The zero-order valence-corrected chi connectivity index (χ0v) is 21.3. The molecule has 3 aromatic rings. The van der Waals surface area contributed by atoms with Gasteiger partial charge in [-0.05, 0) is 12.1 Å². The first-order chi connectivity index (χ1) is 18.8. The number of methoxy groups -OCH3 is 1. The molecule has 2 aliphatic heterocycles. The van der Waals surface area contributed by atoms with Gasteiger partial charge >= 0.3 is 0 Å². The lowest BCUT2D eigenvalue weighted by Gasteiger charge is -2.48. The van der Waals surface area contributed by atoms with Gasteiger partial charge < -0.3 is 23.8 Å². The van der Waals surface area contributed by atoms with E-state index in [0.29, 0.717) is 0 Å². The van der Waals surface area contributed by atoms with Crippen LogP contribution in [0.3, 0.4) is 0 Å². The Kier molecular flexibility index (Phi) is 7.75. The number of fused-ring (bicyclic) bond motifs is 1. The standard InChI is InChI=1S/C26H26F3N5O5/c1-33(2)13-30-25(35)24-23(36-3)21(22-19(38-24)12-37-26(39-22)14-7-5-4-6-8-14)34-11-18(31-32-34)15-9-16(27)20(29)17(28)10-15/h4-11,13,19,21-24,26H,12H2,1-3H3/b30-13+. The van der Waals surface area contributed by atoms with Crippen LogP contribution in [0, 0.1) is 17.5 Å². The number of benzene rings is 2. The number of aromatic nitrogens is 3. The Hall–Kier alpha value is -3.65. The smallest absolute Gasteiger partial charge is 0.278 e. The number of ether oxygens (including phenoxy) is 4. The molecule has 206 valence electrons. The minimum atomic E-state index is -1.58. The molecular formula is C26H26F3N5O5. The summed E-state index contributed by atoms with van der Waals surface area (Å²) in [7, 11) is 4.85. The maximum absolute atomic E-state index is 13.9. The van der Waals surface area contributed by atoms with Gasteiger partial charge in [0.05, 0.1) is 19.1 Å². The number of hydrogen-bond donors (Lipinski definition) is 0. The molecule has 1 aromatic heterocycles. The Balaban J connectivity index is 1.53. The molecule has 10 nitrogen and oxygen atoms in total. The normalized spacial score (nSPS) is 26.9. The lowest BCUT2D eigenvalue weighted by atomic mass is 9.91. The number of carbonyl (C=O) groups excluding carboxylic acids is 1. The molecule has 0 saturated carbocycles. The van der Waals surface area contributed by atoms with Crippen LogP contribution in [0.2, 0.25) is 0 Å². The fourth-order valence-corrected chi connectivity index (χ4v) is 4.65. The molecule has 39 heavy (non-hydrogen) atoms. The Morgan fingerprint density at radius 3 is 2.54 bits per heavy atom. The summed E-state index contributed by atoms with van der Waals surface area (Å²) in [4.78, 5) is 18.6. The summed E-state index contributed by atoms with van der Waals surface area (Å²) in [5.74, 6) is -4.89. The quantitative estimate of drug-likeness (QED) is 0.265. The van der Waals surface area contributed by atoms with Crippen molar-refractivity contribution >= 4 is 12.2 Å². The fourth-order valence-electron chi connectivity index (χ4n) is 4.65. The highest BCUT2D eigenvalue weighted by Crippen LogP contribution is 2.40. The highest BCUT2D eigenvalue weighted by molar-refractivity contribution is 5.88. The second kappa shape index (κ2) is 11.2. The van der Waals surface area contributed by atoms with Crippen molar-refractivity contribution in [3.8, 4) is 11.3 Å². The molecule has 0 N–H and O–H groups in total. The van der Waals surface area contributed by atoms with Crippen LogP contribution in [-0.4, -0.2) is 84.4 Å². The molecular weight excluding hydrogens is 519 g/mol. The SMILES string of the molecule is COC1C(C(=O)/N=C/N(C)C)OC2COC(c3ccccc3)OC2C1n1cc(-c2cc(F)c(F)c(F)c2)nn1. The first-order valence-electron chi connectivity index (χ1n) is 12.1. The van der Waals surface area contributed by atoms with E-state index in [2.05, 4.69) is 15.3 Å². The number of carbonyl (C=O) groups is 1. The molecule has 1 amide bonds. The molecule has 13 heteroatoms. The van der Waals surface area contributed by atoms with Gasteiger partial charge in [-0.3, -0.25) is 4.79 Å². The predicted molar refractivity (Wildman–Crippen MR) is 131 cm³/mol. The molecule has 0 bridgehead atoms. The summed E-state index contributed by atoms with van der Waals surface area (Å²) < 4.78 is 66.8. The molecule has 3 heterocycles. The summed E-state index contributed by atoms with van der Waals surface area (Å²) in [5.41, 5.74) is 0.827. The lowest BCUT2D eigenvalue weighted by molar-refractivity contribution is -0.314. The van der Waals surface area contributed by atoms with Gasteiger partial charge in [0.2, 0.25) is 0 Å². The van der Waals surface area contributed by atoms with E-state index >= 15 is 0 Å². The Morgan fingerprint density at radius 2 is 1.87 bits per heavy atom. The van der Waals surface area contributed by atoms with Crippen molar-refractivity contribution in [2.75, 3.05) is 27.8 Å². The number of aliphatic imine (C=N–C) groups is 1. The topological polar surface area (TPSA) is 100 Å². The van der Waals surface area contributed by atoms with Gasteiger partial charge in [-0.25, -0.2) is 22.8 Å². The summed E-state index contributed by atoms with van der Waals surface area (Å²) in [6, 6.07) is 10.1. The number of amides is 1. The van der Waals surface area contributed by atoms with Crippen molar-refractivity contribution in [2.45, 2.75) is 36.7 Å². The summed E-state index contributed by atoms with van der Waals surface area (Å²) in [6.45, 7) is 0.0915. The Bertz CT molecular complexity index is 1330. The van der Waals surface area contributed by atoms with E-state index in [1.165, 1.54) is 24.3 Å². The third kappa shape index (κ3) is 5.43. The van der Waals surface area contributed by atoms with E-state index in [-0.39, 0.29) is 17.9 Å². The fraction of sp³-hybridized carbons (Fsp3) is 0.385. The van der Waals surface area contributed by atoms with Crippen molar-refractivity contribution in [3.05, 3.63) is 71.7 Å². The van der Waals surface area contributed by atoms with Crippen LogP contribution in [0.15, 0.2) is 53.7 Å². The highest BCUT2D eigenvalue weighted by atomic mass is 19.2. The van der Waals surface area contributed by atoms with Gasteiger partial charge in [0.1, 0.15) is 30.0 Å². The van der Waals surface area contributed by atoms with Crippen molar-refractivity contribution < 1.29 is 36.9 Å². The second-order valence-corrected chi connectivity index (χ2v) is 9.35. The van der Waals surface area contributed by atoms with Crippen molar-refractivity contribution in [1.29, 1.82) is 0 Å². The molecule has 2 fully saturated rings. The van der Waals surface area contributed by atoms with Crippen LogP contribution >= 0.6 is 0 Å². The third-order valence-corrected chi connectivity index (χ3v) is 6.45. The van der Waals surface area contributed by atoms with Crippen LogP contribution < -0.4 is 0 Å². The maximum Gasteiger partial charge on any atom is 0.278 e. The average molecular weight is 546 g/mol. The lowest BCUT2D eigenvalue weighted by Crippen LogP contribution is -2.61. The molecule has 0 aliphatic carbocycles. The van der Waals surface area contributed by atoms with Gasteiger partial charge in [0.15, 0.2) is 29.8 Å². The monoisotopic (exact) mass is 545 g/mol. The molecule has 2 aliphatic rings. The molecule has 0 spiro atoms. The summed E-state index contributed by atoms with van der Waals surface area (Å²) in [6.07, 6.45) is -1.49. The largest absolute Gasteiger partial charge is 0.376 e. The van der Waals surface area contributed by atoms with Gasteiger partial charge in [-0.15, -0.1) is 5.10 Å². The van der Waals surface area contributed by atoms with Crippen molar-refractivity contribution in [1.82, 2.24) is 19.9 Å². The number of hydrogen-bond acceptors (Lipinski definition) is 7. The van der Waals surface area contributed by atoms with Crippen LogP contribution in [-0.2, 0) is 23.7 Å². The first-order valence-corrected chi connectivity index (χ1v) is 12.1. The van der Waals surface area contributed by atoms with Gasteiger partial charge in [-0.2, -0.15) is 0 Å². The van der Waals surface area contributed by atoms with Crippen LogP contribution in [0.1, 0.15) is 17.9 Å². The number of nitrogens with zero attached hydrogens (tertiary/aromatic N) is 5. The summed E-state index contributed by atoms with van der Waals surface area (Å²) >= 11 is 0. The average Bonchev–Trinajstić information content (AvgIpc) is 3.43. The van der Waals surface area contributed by atoms with Crippen molar-refractivity contribution in [3.63, 3.8) is 0 Å². The molecule has 2 aromatic carbocycles. The van der Waals surface area contributed by atoms with Crippen molar-refractivity contribution in [2.24, 2.45) is 4.99 Å². The zero-order chi connectivity index (χ0) is 27.7. The molecule has 5 rings (SSSR count). The maximum atomic E-state index is 13.9. The first kappa shape index (κ1) is 26.9. The predicted octanol–water partition coefficient (Wildman–Crippen LogP) is 2.92. The minimum Gasteiger partial charge on any atom is -0.376 e. The zero-order valence-electron chi connectivity index (χ0n) is 21.3. The van der Waals surface area contributed by atoms with Gasteiger partial charge in [-0.1, -0.05) is 35.5 Å². The van der Waals surface area contributed by atoms with E-state index in [0.717, 1.165) is 17.7 Å². The van der Waals surface area contributed by atoms with E-state index in [1.54, 1.807) is 19.0 Å². The molecule has 0 radical (unpaired) electrons. The molecule has 2 saturated heterocycles. The highest BCUT2D eigenvalue weighted by Gasteiger charge is 2.53. The molecule has 6 atom stereocenters. The minimum absolute atomic E-state index is 0.0199.